The van der Waals surface area contributed by atoms with Gasteiger partial charge in [-0.3, -0.25) is 0 Å². The van der Waals surface area contributed by atoms with Crippen molar-refractivity contribution in [2.75, 3.05) is 13.2 Å². The van der Waals surface area contributed by atoms with Gasteiger partial charge in [0.2, 0.25) is 10.0 Å². The first-order valence-corrected chi connectivity index (χ1v) is 8.59. The Balaban J connectivity index is 3.33. The summed E-state index contributed by atoms with van der Waals surface area (Å²) in [5, 5.41) is 8.95. The van der Waals surface area contributed by atoms with Crippen molar-refractivity contribution >= 4 is 27.2 Å². The van der Waals surface area contributed by atoms with Gasteiger partial charge in [0.25, 0.3) is 0 Å². The van der Waals surface area contributed by atoms with Crippen LogP contribution in [0.5, 0.6) is 0 Å². The zero-order valence-corrected chi connectivity index (χ0v) is 14.2. The summed E-state index contributed by atoms with van der Waals surface area (Å²) in [6.07, 6.45) is 0.394. The van der Waals surface area contributed by atoms with Gasteiger partial charge in [-0.15, -0.1) is 0 Å². The molecule has 7 heteroatoms. The predicted octanol–water partition coefficient (Wildman–Crippen LogP) is 1.41. The van der Waals surface area contributed by atoms with Crippen LogP contribution in [0.2, 0.25) is 0 Å². The number of hydrogen-bond donors (Lipinski definition) is 2. The largest absolute Gasteiger partial charge is 0.396 e. The molecule has 1 aromatic rings. The minimum absolute atomic E-state index is 0.0509. The van der Waals surface area contributed by atoms with E-state index in [4.69, 9.17) is 23.1 Å². The number of aryl methyl sites for hydroxylation is 1. The summed E-state index contributed by atoms with van der Waals surface area (Å²) in [6.45, 7) is 5.57. The normalized spacial score (nSPS) is 12.1. The summed E-state index contributed by atoms with van der Waals surface area (Å²) in [6, 6.07) is 4.73. The van der Waals surface area contributed by atoms with Gasteiger partial charge in [0.05, 0.1) is 4.90 Å². The first-order valence-electron chi connectivity index (χ1n) is 6.75. The number of hydrogen-bond acceptors (Lipinski definition) is 4. The molecule has 0 atom stereocenters. The SMILES string of the molecule is Cc1ccc(C(N)=S)cc1S(=O)(=O)N(CCCO)C(C)C. The molecule has 1 rings (SSSR count). The molecule has 0 amide bonds. The number of nitrogens with two attached hydrogens (primary N) is 1. The molecule has 0 fully saturated rings. The monoisotopic (exact) mass is 330 g/mol. The summed E-state index contributed by atoms with van der Waals surface area (Å²) in [7, 11) is -3.65. The number of rotatable bonds is 7. The van der Waals surface area contributed by atoms with E-state index >= 15 is 0 Å². The zero-order valence-electron chi connectivity index (χ0n) is 12.5. The second-order valence-electron chi connectivity index (χ2n) is 5.13. The number of nitrogens with zero attached hydrogens (tertiary/aromatic N) is 1. The standard InChI is InChI=1S/C14H22N2O3S2/c1-10(2)16(7-4-8-17)21(18,19)13-9-12(14(15)20)6-5-11(13)3/h5-6,9-10,17H,4,7-8H2,1-3H3,(H2,15,20). The van der Waals surface area contributed by atoms with Crippen molar-refractivity contribution in [2.24, 2.45) is 5.73 Å². The fraction of sp³-hybridized carbons (Fsp3) is 0.500. The van der Waals surface area contributed by atoms with E-state index in [0.717, 1.165) is 0 Å². The molecule has 21 heavy (non-hydrogen) atoms. The quantitative estimate of drug-likeness (QED) is 0.739. The predicted molar refractivity (Wildman–Crippen MR) is 87.8 cm³/mol. The van der Waals surface area contributed by atoms with E-state index < -0.39 is 10.0 Å². The number of aliphatic hydroxyl groups excluding tert-OH is 1. The van der Waals surface area contributed by atoms with Crippen molar-refractivity contribution in [1.82, 2.24) is 4.31 Å². The lowest BCUT2D eigenvalue weighted by molar-refractivity contribution is 0.258. The maximum absolute atomic E-state index is 12.8. The fourth-order valence-electron chi connectivity index (χ4n) is 2.04. The maximum Gasteiger partial charge on any atom is 0.243 e. The van der Waals surface area contributed by atoms with Crippen molar-refractivity contribution < 1.29 is 13.5 Å². The van der Waals surface area contributed by atoms with E-state index in [0.29, 0.717) is 17.5 Å². The van der Waals surface area contributed by atoms with Gasteiger partial charge >= 0.3 is 0 Å². The first kappa shape index (κ1) is 18.0. The van der Waals surface area contributed by atoms with Crippen molar-refractivity contribution in [3.05, 3.63) is 29.3 Å². The lowest BCUT2D eigenvalue weighted by Gasteiger charge is -2.26. The van der Waals surface area contributed by atoms with Crippen LogP contribution in [-0.4, -0.2) is 42.0 Å². The third-order valence-electron chi connectivity index (χ3n) is 3.17. The smallest absolute Gasteiger partial charge is 0.243 e. The summed E-state index contributed by atoms with van der Waals surface area (Å²) in [4.78, 5) is 0.373. The molecule has 118 valence electrons. The molecule has 0 spiro atoms. The molecule has 0 saturated heterocycles. The fourth-order valence-corrected chi connectivity index (χ4v) is 4.10. The van der Waals surface area contributed by atoms with Crippen molar-refractivity contribution in [3.63, 3.8) is 0 Å². The Kier molecular flexibility index (Phi) is 6.27. The zero-order chi connectivity index (χ0) is 16.2. The molecule has 0 radical (unpaired) electrons. The third-order valence-corrected chi connectivity index (χ3v) is 5.62. The average Bonchev–Trinajstić information content (AvgIpc) is 2.38. The van der Waals surface area contributed by atoms with E-state index in [1.165, 1.54) is 10.4 Å². The van der Waals surface area contributed by atoms with Crippen LogP contribution in [0.3, 0.4) is 0 Å². The Morgan fingerprint density at radius 2 is 2.05 bits per heavy atom. The second-order valence-corrected chi connectivity index (χ2v) is 7.43. The van der Waals surface area contributed by atoms with Crippen molar-refractivity contribution in [2.45, 2.75) is 38.1 Å². The Morgan fingerprint density at radius 1 is 1.43 bits per heavy atom. The molecule has 0 unspecified atom stereocenters. The molecule has 0 aliphatic carbocycles. The van der Waals surface area contributed by atoms with Gasteiger partial charge in [0.1, 0.15) is 4.99 Å². The summed E-state index contributed by atoms with van der Waals surface area (Å²) in [5.41, 5.74) is 6.75. The summed E-state index contributed by atoms with van der Waals surface area (Å²) >= 11 is 4.91. The minimum Gasteiger partial charge on any atom is -0.396 e. The van der Waals surface area contributed by atoms with Gasteiger partial charge in [-0.2, -0.15) is 4.31 Å². The van der Waals surface area contributed by atoms with Crippen LogP contribution < -0.4 is 5.73 Å². The molecular weight excluding hydrogens is 308 g/mol. The molecule has 1 aromatic carbocycles. The Morgan fingerprint density at radius 3 is 2.52 bits per heavy atom. The second kappa shape index (κ2) is 7.31. The van der Waals surface area contributed by atoms with E-state index in [1.807, 2.05) is 13.8 Å². The van der Waals surface area contributed by atoms with E-state index in [-0.39, 0.29) is 29.1 Å². The molecule has 0 bridgehead atoms. The van der Waals surface area contributed by atoms with Gasteiger partial charge in [-0.1, -0.05) is 24.4 Å². The molecule has 3 N–H and O–H groups in total. The van der Waals surface area contributed by atoms with Crippen LogP contribution in [-0.2, 0) is 10.0 Å². The van der Waals surface area contributed by atoms with Gasteiger partial charge in [0, 0.05) is 24.8 Å². The highest BCUT2D eigenvalue weighted by Gasteiger charge is 2.28. The molecular formula is C14H22N2O3S2. The van der Waals surface area contributed by atoms with Crippen molar-refractivity contribution in [3.8, 4) is 0 Å². The average molecular weight is 330 g/mol. The highest BCUT2D eigenvalue weighted by molar-refractivity contribution is 7.89. The van der Waals surface area contributed by atoms with E-state index in [2.05, 4.69) is 0 Å². The molecule has 0 saturated carbocycles. The van der Waals surface area contributed by atoms with Gasteiger partial charge in [-0.05, 0) is 38.8 Å². The number of benzene rings is 1. The maximum atomic E-state index is 12.8. The number of sulfonamides is 1. The van der Waals surface area contributed by atoms with Crippen LogP contribution in [0.15, 0.2) is 23.1 Å². The Hall–Kier alpha value is -1.02. The molecule has 0 heterocycles. The topological polar surface area (TPSA) is 83.6 Å². The summed E-state index contributed by atoms with van der Waals surface area (Å²) in [5.74, 6) is 0. The first-order chi connectivity index (χ1) is 9.71. The van der Waals surface area contributed by atoms with Crippen LogP contribution in [0.1, 0.15) is 31.4 Å². The number of aliphatic hydroxyl groups is 1. The molecule has 0 aliphatic rings. The van der Waals surface area contributed by atoms with Crippen molar-refractivity contribution in [1.29, 1.82) is 0 Å². The van der Waals surface area contributed by atoms with Crippen LogP contribution in [0, 0.1) is 6.92 Å². The Labute approximate surface area is 131 Å². The van der Waals surface area contributed by atoms with Gasteiger partial charge in [0.15, 0.2) is 0 Å². The number of thiocarbonyl (C=S) groups is 1. The molecule has 5 nitrogen and oxygen atoms in total. The Bertz CT molecular complexity index is 613. The van der Waals surface area contributed by atoms with Gasteiger partial charge in [-0.25, -0.2) is 8.42 Å². The van der Waals surface area contributed by atoms with Crippen LogP contribution in [0.25, 0.3) is 0 Å². The summed E-state index contributed by atoms with van der Waals surface area (Å²) < 4.78 is 27.1. The highest BCUT2D eigenvalue weighted by Crippen LogP contribution is 2.23. The third kappa shape index (κ3) is 4.23. The van der Waals surface area contributed by atoms with Crippen LogP contribution >= 0.6 is 12.2 Å². The van der Waals surface area contributed by atoms with E-state index in [9.17, 15) is 8.42 Å². The van der Waals surface area contributed by atoms with Crippen LogP contribution in [0.4, 0.5) is 0 Å². The van der Waals surface area contributed by atoms with Gasteiger partial charge < -0.3 is 10.8 Å². The lowest BCUT2D eigenvalue weighted by atomic mass is 10.1. The molecule has 0 aromatic heterocycles. The van der Waals surface area contributed by atoms with E-state index in [1.54, 1.807) is 19.1 Å². The molecule has 0 aliphatic heterocycles. The minimum atomic E-state index is -3.65. The lowest BCUT2D eigenvalue weighted by Crippen LogP contribution is -2.38. The highest BCUT2D eigenvalue weighted by atomic mass is 32.2.